The van der Waals surface area contributed by atoms with Crippen molar-refractivity contribution in [1.29, 1.82) is 0 Å². The summed E-state index contributed by atoms with van der Waals surface area (Å²) in [5.74, 6) is -0.151. The van der Waals surface area contributed by atoms with E-state index in [0.29, 0.717) is 17.5 Å². The van der Waals surface area contributed by atoms with E-state index < -0.39 is 11.9 Å². The Kier molecular flexibility index (Phi) is 5.01. The lowest BCUT2D eigenvalue weighted by Crippen LogP contribution is -2.16. The molecule has 0 bridgehead atoms. The topological polar surface area (TPSA) is 76.2 Å². The minimum absolute atomic E-state index is 0.299. The van der Waals surface area contributed by atoms with Gasteiger partial charge in [0.05, 0.1) is 11.7 Å². The zero-order valence-corrected chi connectivity index (χ0v) is 13.1. The Bertz CT molecular complexity index is 627. The van der Waals surface area contributed by atoms with Crippen LogP contribution in [0.2, 0.25) is 0 Å². The molecule has 0 saturated heterocycles. The van der Waals surface area contributed by atoms with Crippen molar-refractivity contribution in [3.05, 3.63) is 41.5 Å². The molecule has 0 radical (unpaired) electrons. The summed E-state index contributed by atoms with van der Waals surface area (Å²) in [6.45, 7) is 5.48. The molecule has 0 aliphatic heterocycles. The average Bonchev–Trinajstić information content (AvgIpc) is 2.93. The first kappa shape index (κ1) is 15.6. The van der Waals surface area contributed by atoms with Gasteiger partial charge in [-0.3, -0.25) is 4.79 Å². The second-order valence-electron chi connectivity index (χ2n) is 5.02. The number of rotatable bonds is 6. The van der Waals surface area contributed by atoms with Gasteiger partial charge in [0.2, 0.25) is 5.89 Å². The van der Waals surface area contributed by atoms with Crippen molar-refractivity contribution in [2.24, 2.45) is 5.92 Å². The summed E-state index contributed by atoms with van der Waals surface area (Å²) in [6, 6.07) is 8.10. The lowest BCUT2D eigenvalue weighted by Gasteiger charge is -2.10. The minimum atomic E-state index is -0.864. The molecule has 1 aromatic carbocycles. The van der Waals surface area contributed by atoms with Crippen molar-refractivity contribution in [3.63, 3.8) is 0 Å². The number of carbonyl (C=O) groups is 1. The number of hydrogen-bond donors (Lipinski definition) is 1. The lowest BCUT2D eigenvalue weighted by molar-refractivity contribution is -0.141. The van der Waals surface area contributed by atoms with Gasteiger partial charge in [0, 0.05) is 10.8 Å². The van der Waals surface area contributed by atoms with Gasteiger partial charge in [0.25, 0.3) is 0 Å². The van der Waals surface area contributed by atoms with Gasteiger partial charge in [-0.25, -0.2) is 0 Å². The number of thioether (sulfide) groups is 1. The molecule has 1 N–H and O–H groups in total. The summed E-state index contributed by atoms with van der Waals surface area (Å²) >= 11 is 1.64. The van der Waals surface area contributed by atoms with E-state index in [2.05, 4.69) is 29.2 Å². The van der Waals surface area contributed by atoms with E-state index in [1.807, 2.05) is 12.1 Å². The van der Waals surface area contributed by atoms with Gasteiger partial charge in [0.1, 0.15) is 0 Å². The second kappa shape index (κ2) is 6.76. The fourth-order valence-electron chi connectivity index (χ4n) is 1.80. The van der Waals surface area contributed by atoms with Crippen molar-refractivity contribution in [2.45, 2.75) is 37.3 Å². The molecule has 2 atom stereocenters. The first-order chi connectivity index (χ1) is 9.99. The fourth-order valence-corrected chi connectivity index (χ4v) is 2.67. The second-order valence-corrected chi connectivity index (χ2v) is 6.04. The summed E-state index contributed by atoms with van der Waals surface area (Å²) in [5, 5.41) is 12.9. The molecule has 0 amide bonds. The standard InChI is InChI=1S/C15H18N2O3S/c1-9-6-4-5-7-12(9)21-8-13-16-14(20-17-13)10(2)11(3)15(18)19/h4-7,10-11H,8H2,1-3H3,(H,18,19). The maximum absolute atomic E-state index is 11.0. The molecular formula is C15H18N2O3S. The highest BCUT2D eigenvalue weighted by Gasteiger charge is 2.25. The highest BCUT2D eigenvalue weighted by Crippen LogP contribution is 2.27. The molecule has 5 nitrogen and oxygen atoms in total. The van der Waals surface area contributed by atoms with Crippen LogP contribution in [-0.2, 0) is 10.5 Å². The van der Waals surface area contributed by atoms with Crippen LogP contribution in [0.3, 0.4) is 0 Å². The van der Waals surface area contributed by atoms with Crippen molar-refractivity contribution in [3.8, 4) is 0 Å². The van der Waals surface area contributed by atoms with Gasteiger partial charge in [-0.1, -0.05) is 37.2 Å². The van der Waals surface area contributed by atoms with Crippen LogP contribution in [0.25, 0.3) is 0 Å². The Hall–Kier alpha value is -1.82. The smallest absolute Gasteiger partial charge is 0.307 e. The number of benzene rings is 1. The minimum Gasteiger partial charge on any atom is -0.481 e. The zero-order valence-electron chi connectivity index (χ0n) is 12.2. The Morgan fingerprint density at radius 2 is 2.10 bits per heavy atom. The summed E-state index contributed by atoms with van der Waals surface area (Å²) < 4.78 is 5.18. The monoisotopic (exact) mass is 306 g/mol. The molecule has 2 unspecified atom stereocenters. The van der Waals surface area contributed by atoms with Crippen LogP contribution < -0.4 is 0 Å². The normalized spacial score (nSPS) is 13.9. The molecule has 0 aliphatic rings. The molecular weight excluding hydrogens is 288 g/mol. The molecule has 2 rings (SSSR count). The Labute approximate surface area is 127 Å². The zero-order chi connectivity index (χ0) is 15.4. The van der Waals surface area contributed by atoms with E-state index in [0.717, 1.165) is 0 Å². The van der Waals surface area contributed by atoms with Gasteiger partial charge in [-0.2, -0.15) is 4.98 Å². The van der Waals surface area contributed by atoms with Gasteiger partial charge >= 0.3 is 5.97 Å². The van der Waals surface area contributed by atoms with Crippen LogP contribution in [0.15, 0.2) is 33.7 Å². The van der Waals surface area contributed by atoms with Crippen molar-refractivity contribution >= 4 is 17.7 Å². The molecule has 1 heterocycles. The molecule has 0 fully saturated rings. The predicted molar refractivity (Wildman–Crippen MR) is 80.3 cm³/mol. The quantitative estimate of drug-likeness (QED) is 0.823. The SMILES string of the molecule is Cc1ccccc1SCc1noc(C(C)C(C)C(=O)O)n1. The molecule has 1 aromatic heterocycles. The molecule has 21 heavy (non-hydrogen) atoms. The third-order valence-corrected chi connectivity index (χ3v) is 4.63. The molecule has 0 spiro atoms. The fraction of sp³-hybridized carbons (Fsp3) is 0.400. The number of aliphatic carboxylic acids is 1. The summed E-state index contributed by atoms with van der Waals surface area (Å²) in [4.78, 5) is 16.4. The Morgan fingerprint density at radius 1 is 1.38 bits per heavy atom. The summed E-state index contributed by atoms with van der Waals surface area (Å²) in [5.41, 5.74) is 1.21. The first-order valence-electron chi connectivity index (χ1n) is 6.72. The van der Waals surface area contributed by atoms with E-state index in [4.69, 9.17) is 9.63 Å². The molecule has 0 saturated carbocycles. The number of carboxylic acid groups (broad SMARTS) is 1. The number of aromatic nitrogens is 2. The van der Waals surface area contributed by atoms with Gasteiger partial charge in [0.15, 0.2) is 5.82 Å². The lowest BCUT2D eigenvalue weighted by atomic mass is 9.96. The Morgan fingerprint density at radius 3 is 2.76 bits per heavy atom. The number of nitrogens with zero attached hydrogens (tertiary/aromatic N) is 2. The van der Waals surface area contributed by atoms with E-state index in [9.17, 15) is 4.79 Å². The third-order valence-electron chi connectivity index (χ3n) is 3.46. The van der Waals surface area contributed by atoms with Crippen molar-refractivity contribution in [2.75, 3.05) is 0 Å². The first-order valence-corrected chi connectivity index (χ1v) is 7.71. The molecule has 2 aromatic rings. The van der Waals surface area contributed by atoms with Crippen LogP contribution in [0.5, 0.6) is 0 Å². The third kappa shape index (κ3) is 3.85. The maximum Gasteiger partial charge on any atom is 0.307 e. The summed E-state index contributed by atoms with van der Waals surface area (Å²) in [6.07, 6.45) is 0. The van der Waals surface area contributed by atoms with E-state index in [-0.39, 0.29) is 5.92 Å². The van der Waals surface area contributed by atoms with Crippen LogP contribution >= 0.6 is 11.8 Å². The largest absolute Gasteiger partial charge is 0.481 e. The van der Waals surface area contributed by atoms with Crippen molar-refractivity contribution in [1.82, 2.24) is 10.1 Å². The van der Waals surface area contributed by atoms with E-state index >= 15 is 0 Å². The Balaban J connectivity index is 2.01. The highest BCUT2D eigenvalue weighted by molar-refractivity contribution is 7.98. The molecule has 112 valence electrons. The number of carboxylic acids is 1. The van der Waals surface area contributed by atoms with Crippen LogP contribution in [0, 0.1) is 12.8 Å². The molecule has 0 aliphatic carbocycles. The highest BCUT2D eigenvalue weighted by atomic mass is 32.2. The van der Waals surface area contributed by atoms with Crippen LogP contribution in [0.4, 0.5) is 0 Å². The number of hydrogen-bond acceptors (Lipinski definition) is 5. The number of aryl methyl sites for hydroxylation is 1. The van der Waals surface area contributed by atoms with E-state index in [1.165, 1.54) is 10.5 Å². The van der Waals surface area contributed by atoms with E-state index in [1.54, 1.807) is 25.6 Å². The van der Waals surface area contributed by atoms with Gasteiger partial charge in [-0.05, 0) is 18.6 Å². The van der Waals surface area contributed by atoms with Crippen molar-refractivity contribution < 1.29 is 14.4 Å². The van der Waals surface area contributed by atoms with Crippen LogP contribution in [-0.4, -0.2) is 21.2 Å². The van der Waals surface area contributed by atoms with Gasteiger partial charge in [-0.15, -0.1) is 11.8 Å². The molecule has 6 heteroatoms. The van der Waals surface area contributed by atoms with Crippen LogP contribution in [0.1, 0.15) is 37.0 Å². The summed E-state index contributed by atoms with van der Waals surface area (Å²) in [7, 11) is 0. The predicted octanol–water partition coefficient (Wildman–Crippen LogP) is 3.49. The average molecular weight is 306 g/mol. The van der Waals surface area contributed by atoms with Gasteiger partial charge < -0.3 is 9.63 Å². The maximum atomic E-state index is 11.0.